The van der Waals surface area contributed by atoms with Crippen molar-refractivity contribution in [3.63, 3.8) is 0 Å². The average Bonchev–Trinajstić information content (AvgIpc) is 3.26. The molecule has 0 unspecified atom stereocenters. The number of hydrogen-bond acceptors (Lipinski definition) is 4. The molecule has 0 aliphatic heterocycles. The van der Waals surface area contributed by atoms with Crippen LogP contribution in [0, 0.1) is 0 Å². The van der Waals surface area contributed by atoms with Crippen molar-refractivity contribution in [2.45, 2.75) is 13.0 Å². The molecular weight excluding hydrogens is 342 g/mol. The molecule has 3 aromatic rings. The molecule has 0 fully saturated rings. The zero-order valence-corrected chi connectivity index (χ0v) is 15.2. The molecule has 3 rings (SSSR count). The Labute approximate surface area is 157 Å². The Bertz CT molecular complexity index is 892. The summed E-state index contributed by atoms with van der Waals surface area (Å²) in [6, 6.07) is 16.5. The second kappa shape index (κ2) is 8.27. The molecule has 138 valence electrons. The number of aromatic nitrogens is 3. The zero-order valence-electron chi connectivity index (χ0n) is 15.2. The number of benzene rings is 2. The highest BCUT2D eigenvalue weighted by Gasteiger charge is 2.18. The van der Waals surface area contributed by atoms with Crippen LogP contribution in [0.2, 0.25) is 0 Å². The summed E-state index contributed by atoms with van der Waals surface area (Å²) in [7, 11) is 1.73. The lowest BCUT2D eigenvalue weighted by Crippen LogP contribution is -2.39. The monoisotopic (exact) mass is 363 g/mol. The molecule has 1 atom stereocenters. The Hall–Kier alpha value is -3.48. The van der Waals surface area contributed by atoms with Gasteiger partial charge in [-0.1, -0.05) is 30.3 Å². The van der Waals surface area contributed by atoms with Crippen LogP contribution in [0.4, 0.5) is 0 Å². The molecule has 1 heterocycles. The average molecular weight is 363 g/mol. The Morgan fingerprint density at radius 3 is 2.44 bits per heavy atom. The van der Waals surface area contributed by atoms with Gasteiger partial charge in [-0.05, 0) is 36.8 Å². The highest BCUT2D eigenvalue weighted by molar-refractivity contribution is 5.96. The molecule has 0 saturated carbocycles. The maximum Gasteiger partial charge on any atom is 0.251 e. The van der Waals surface area contributed by atoms with Gasteiger partial charge < -0.3 is 10.2 Å². The highest BCUT2D eigenvalue weighted by atomic mass is 16.2. The quantitative estimate of drug-likeness (QED) is 0.728. The molecule has 7 heteroatoms. The number of hydrogen-bond donors (Lipinski definition) is 1. The van der Waals surface area contributed by atoms with Crippen molar-refractivity contribution in [1.82, 2.24) is 25.0 Å². The first-order chi connectivity index (χ1) is 13.1. The van der Waals surface area contributed by atoms with Gasteiger partial charge in [-0.25, -0.2) is 9.67 Å². The predicted molar refractivity (Wildman–Crippen MR) is 101 cm³/mol. The molecule has 0 radical (unpaired) electrons. The van der Waals surface area contributed by atoms with Crippen molar-refractivity contribution >= 4 is 11.8 Å². The summed E-state index contributed by atoms with van der Waals surface area (Å²) >= 11 is 0. The standard InChI is InChI=1S/C20H21N5O2/c1-15(16-8-10-18(11-9-16)25-14-21-13-23-25)24(2)19(26)12-22-20(27)17-6-4-3-5-7-17/h3-11,13-15H,12H2,1-2H3,(H,22,27)/t15-/m0/s1. The molecule has 27 heavy (non-hydrogen) atoms. The Balaban J connectivity index is 1.58. The molecule has 2 amide bonds. The van der Waals surface area contributed by atoms with Crippen molar-refractivity contribution in [3.8, 4) is 5.69 Å². The summed E-state index contributed by atoms with van der Waals surface area (Å²) < 4.78 is 1.67. The van der Waals surface area contributed by atoms with Gasteiger partial charge in [0.1, 0.15) is 12.7 Å². The number of likely N-dealkylation sites (N-methyl/N-ethyl adjacent to an activating group) is 1. The SMILES string of the molecule is C[C@@H](c1ccc(-n2cncn2)cc1)N(C)C(=O)CNC(=O)c1ccccc1. The summed E-state index contributed by atoms with van der Waals surface area (Å²) in [5.74, 6) is -0.422. The van der Waals surface area contributed by atoms with E-state index in [0.717, 1.165) is 11.3 Å². The fraction of sp³-hybridized carbons (Fsp3) is 0.200. The molecule has 1 aromatic heterocycles. The summed E-state index contributed by atoms with van der Waals surface area (Å²) in [4.78, 5) is 30.1. The summed E-state index contributed by atoms with van der Waals surface area (Å²) in [6.07, 6.45) is 3.11. The van der Waals surface area contributed by atoms with Crippen LogP contribution in [-0.2, 0) is 4.79 Å². The number of carbonyl (C=O) groups excluding carboxylic acids is 2. The lowest BCUT2D eigenvalue weighted by molar-refractivity contribution is -0.130. The summed E-state index contributed by atoms with van der Waals surface area (Å²) in [5.41, 5.74) is 2.42. The third-order valence-electron chi connectivity index (χ3n) is 4.47. The minimum absolute atomic E-state index is 0.0500. The van der Waals surface area contributed by atoms with Crippen LogP contribution in [0.15, 0.2) is 67.3 Å². The van der Waals surface area contributed by atoms with E-state index in [2.05, 4.69) is 15.4 Å². The van der Waals surface area contributed by atoms with Crippen LogP contribution >= 0.6 is 0 Å². The van der Waals surface area contributed by atoms with Gasteiger partial charge in [-0.15, -0.1) is 0 Å². The fourth-order valence-electron chi connectivity index (χ4n) is 2.66. The van der Waals surface area contributed by atoms with Crippen LogP contribution in [0.1, 0.15) is 28.9 Å². The van der Waals surface area contributed by atoms with E-state index in [0.29, 0.717) is 5.56 Å². The maximum absolute atomic E-state index is 12.4. The van der Waals surface area contributed by atoms with Gasteiger partial charge in [0.15, 0.2) is 0 Å². The molecule has 0 bridgehead atoms. The van der Waals surface area contributed by atoms with E-state index in [1.807, 2.05) is 37.3 Å². The minimum atomic E-state index is -0.262. The molecule has 0 aliphatic carbocycles. The predicted octanol–water partition coefficient (Wildman–Crippen LogP) is 2.22. The van der Waals surface area contributed by atoms with Gasteiger partial charge in [0, 0.05) is 12.6 Å². The first-order valence-electron chi connectivity index (χ1n) is 8.60. The van der Waals surface area contributed by atoms with E-state index in [1.165, 1.54) is 6.33 Å². The molecular formula is C20H21N5O2. The second-order valence-electron chi connectivity index (χ2n) is 6.16. The van der Waals surface area contributed by atoms with Crippen LogP contribution in [-0.4, -0.2) is 45.1 Å². The Kier molecular flexibility index (Phi) is 5.61. The van der Waals surface area contributed by atoms with E-state index in [1.54, 1.807) is 47.2 Å². The van der Waals surface area contributed by atoms with Crippen molar-refractivity contribution in [2.75, 3.05) is 13.6 Å². The van der Waals surface area contributed by atoms with Crippen LogP contribution in [0.5, 0.6) is 0 Å². The molecule has 0 spiro atoms. The van der Waals surface area contributed by atoms with Gasteiger partial charge in [-0.2, -0.15) is 5.10 Å². The van der Waals surface area contributed by atoms with Crippen molar-refractivity contribution < 1.29 is 9.59 Å². The minimum Gasteiger partial charge on any atom is -0.343 e. The van der Waals surface area contributed by atoms with Crippen molar-refractivity contribution in [3.05, 3.63) is 78.4 Å². The largest absolute Gasteiger partial charge is 0.343 e. The molecule has 0 saturated heterocycles. The first-order valence-corrected chi connectivity index (χ1v) is 8.60. The lowest BCUT2D eigenvalue weighted by Gasteiger charge is -2.25. The van der Waals surface area contributed by atoms with Gasteiger partial charge in [-0.3, -0.25) is 9.59 Å². The third kappa shape index (κ3) is 4.38. The maximum atomic E-state index is 12.4. The number of carbonyl (C=O) groups is 2. The fourth-order valence-corrected chi connectivity index (χ4v) is 2.66. The second-order valence-corrected chi connectivity index (χ2v) is 6.16. The Morgan fingerprint density at radius 1 is 1.11 bits per heavy atom. The number of amides is 2. The molecule has 0 aliphatic rings. The van der Waals surface area contributed by atoms with E-state index >= 15 is 0 Å². The third-order valence-corrected chi connectivity index (χ3v) is 4.47. The van der Waals surface area contributed by atoms with Crippen molar-refractivity contribution in [1.29, 1.82) is 0 Å². The first kappa shape index (κ1) is 18.3. The molecule has 1 N–H and O–H groups in total. The topological polar surface area (TPSA) is 80.1 Å². The highest BCUT2D eigenvalue weighted by Crippen LogP contribution is 2.20. The van der Waals surface area contributed by atoms with E-state index in [9.17, 15) is 9.59 Å². The molecule has 7 nitrogen and oxygen atoms in total. The number of nitrogens with zero attached hydrogens (tertiary/aromatic N) is 4. The van der Waals surface area contributed by atoms with Crippen LogP contribution in [0.3, 0.4) is 0 Å². The summed E-state index contributed by atoms with van der Waals surface area (Å²) in [6.45, 7) is 1.90. The van der Waals surface area contributed by atoms with Crippen molar-refractivity contribution in [2.24, 2.45) is 0 Å². The number of nitrogens with one attached hydrogen (secondary N) is 1. The zero-order chi connectivity index (χ0) is 19.2. The van der Waals surface area contributed by atoms with E-state index in [4.69, 9.17) is 0 Å². The van der Waals surface area contributed by atoms with E-state index in [-0.39, 0.29) is 24.4 Å². The molecule has 2 aromatic carbocycles. The Morgan fingerprint density at radius 2 is 1.81 bits per heavy atom. The lowest BCUT2D eigenvalue weighted by atomic mass is 10.1. The van der Waals surface area contributed by atoms with Gasteiger partial charge in [0.2, 0.25) is 5.91 Å². The van der Waals surface area contributed by atoms with Gasteiger partial charge in [0.05, 0.1) is 18.3 Å². The van der Waals surface area contributed by atoms with E-state index < -0.39 is 0 Å². The summed E-state index contributed by atoms with van der Waals surface area (Å²) in [5, 5.41) is 6.76. The van der Waals surface area contributed by atoms with Crippen LogP contribution < -0.4 is 5.32 Å². The number of rotatable bonds is 6. The van der Waals surface area contributed by atoms with Gasteiger partial charge >= 0.3 is 0 Å². The van der Waals surface area contributed by atoms with Gasteiger partial charge in [0.25, 0.3) is 5.91 Å². The van der Waals surface area contributed by atoms with Crippen LogP contribution in [0.25, 0.3) is 5.69 Å². The normalized spacial score (nSPS) is 11.6. The smallest absolute Gasteiger partial charge is 0.251 e.